The van der Waals surface area contributed by atoms with Crippen LogP contribution in [0.4, 0.5) is 0 Å². The number of halogens is 1. The van der Waals surface area contributed by atoms with Crippen LogP contribution in [0.25, 0.3) is 0 Å². The monoisotopic (exact) mass is 265 g/mol. The highest BCUT2D eigenvalue weighted by atomic mass is 35.5. The second kappa shape index (κ2) is 5.31. The summed E-state index contributed by atoms with van der Waals surface area (Å²) < 4.78 is 0. The van der Waals surface area contributed by atoms with Crippen molar-refractivity contribution in [1.82, 2.24) is 4.90 Å². The number of hydrogen-bond acceptors (Lipinski definition) is 1. The number of alkyl halides is 1. The van der Waals surface area contributed by atoms with Gasteiger partial charge in [-0.15, -0.1) is 11.6 Å². The number of nitrogens with zero attached hydrogens (tertiary/aromatic N) is 1. The van der Waals surface area contributed by atoms with Gasteiger partial charge in [-0.2, -0.15) is 0 Å². The molecule has 0 spiro atoms. The third kappa shape index (κ3) is 2.03. The van der Waals surface area contributed by atoms with E-state index < -0.39 is 0 Å². The molecule has 0 radical (unpaired) electrons. The summed E-state index contributed by atoms with van der Waals surface area (Å²) in [6.07, 6.45) is 0.885. The Morgan fingerprint density at radius 3 is 2.39 bits per heavy atom. The zero-order valence-electron chi connectivity index (χ0n) is 11.0. The van der Waals surface area contributed by atoms with Gasteiger partial charge in [0.25, 0.3) is 0 Å². The van der Waals surface area contributed by atoms with Crippen LogP contribution in [0.3, 0.4) is 0 Å². The molecule has 0 saturated heterocycles. The smallest absolute Gasteiger partial charge is 0.233 e. The molecule has 3 heteroatoms. The molecule has 1 saturated carbocycles. The van der Waals surface area contributed by atoms with E-state index in [1.807, 2.05) is 49.1 Å². The van der Waals surface area contributed by atoms with Crippen LogP contribution in [0.2, 0.25) is 0 Å². The van der Waals surface area contributed by atoms with Gasteiger partial charge >= 0.3 is 0 Å². The number of likely N-dealkylation sites (N-methyl/N-ethyl adjacent to an activating group) is 1. The maximum absolute atomic E-state index is 12.7. The molecule has 0 bridgehead atoms. The molecule has 98 valence electrons. The quantitative estimate of drug-likeness (QED) is 0.750. The van der Waals surface area contributed by atoms with E-state index in [-0.39, 0.29) is 17.2 Å². The van der Waals surface area contributed by atoms with Crippen molar-refractivity contribution in [2.45, 2.75) is 25.7 Å². The van der Waals surface area contributed by atoms with Crippen LogP contribution in [0.15, 0.2) is 30.3 Å². The summed E-state index contributed by atoms with van der Waals surface area (Å²) >= 11 is 6.00. The van der Waals surface area contributed by atoms with Gasteiger partial charge in [-0.3, -0.25) is 4.79 Å². The van der Waals surface area contributed by atoms with Gasteiger partial charge in [0.1, 0.15) is 0 Å². The highest BCUT2D eigenvalue weighted by Gasteiger charge is 2.61. The van der Waals surface area contributed by atoms with Gasteiger partial charge in [0, 0.05) is 19.0 Å². The van der Waals surface area contributed by atoms with Crippen LogP contribution in [0.5, 0.6) is 0 Å². The molecule has 0 unspecified atom stereocenters. The number of carbonyl (C=O) groups excluding carboxylic acids is 1. The molecule has 1 aromatic carbocycles. The third-order valence-electron chi connectivity index (χ3n) is 4.01. The predicted octanol–water partition coefficient (Wildman–Crippen LogP) is 3.05. The molecular weight excluding hydrogens is 246 g/mol. The number of carbonyl (C=O) groups is 1. The first-order valence-electron chi connectivity index (χ1n) is 6.61. The van der Waals surface area contributed by atoms with Crippen molar-refractivity contribution in [2.75, 3.05) is 19.0 Å². The molecule has 0 aliphatic heterocycles. The first-order chi connectivity index (χ1) is 8.70. The number of hydrogen-bond donors (Lipinski definition) is 0. The van der Waals surface area contributed by atoms with E-state index in [9.17, 15) is 4.79 Å². The Hall–Kier alpha value is -1.02. The molecule has 2 rings (SSSR count). The van der Waals surface area contributed by atoms with E-state index in [1.54, 1.807) is 0 Å². The van der Waals surface area contributed by atoms with E-state index in [0.717, 1.165) is 25.1 Å². The SMILES string of the molecule is CCN(CC)C(=O)[C@]1(c2ccccc2)C[C@@H]1CCl. The highest BCUT2D eigenvalue weighted by Crippen LogP contribution is 2.55. The van der Waals surface area contributed by atoms with Gasteiger partial charge in [-0.05, 0) is 31.7 Å². The summed E-state index contributed by atoms with van der Waals surface area (Å²) in [6, 6.07) is 10.1. The first-order valence-corrected chi connectivity index (χ1v) is 7.15. The molecule has 1 amide bonds. The normalized spacial score (nSPS) is 25.8. The Balaban J connectivity index is 2.32. The molecule has 1 aromatic rings. The van der Waals surface area contributed by atoms with Crippen LogP contribution in [-0.4, -0.2) is 29.8 Å². The van der Waals surface area contributed by atoms with Gasteiger partial charge in [0.15, 0.2) is 0 Å². The minimum absolute atomic E-state index is 0.240. The van der Waals surface area contributed by atoms with Crippen molar-refractivity contribution in [2.24, 2.45) is 5.92 Å². The van der Waals surface area contributed by atoms with Crippen molar-refractivity contribution in [3.05, 3.63) is 35.9 Å². The van der Waals surface area contributed by atoms with E-state index in [1.165, 1.54) is 0 Å². The Kier molecular flexibility index (Phi) is 3.96. The van der Waals surface area contributed by atoms with Gasteiger partial charge in [-0.1, -0.05) is 30.3 Å². The van der Waals surface area contributed by atoms with Gasteiger partial charge in [0.05, 0.1) is 5.41 Å². The topological polar surface area (TPSA) is 20.3 Å². The molecule has 1 aliphatic rings. The average Bonchev–Trinajstić information content (AvgIpc) is 3.17. The van der Waals surface area contributed by atoms with E-state index in [4.69, 9.17) is 11.6 Å². The number of benzene rings is 1. The fourth-order valence-electron chi connectivity index (χ4n) is 2.78. The summed E-state index contributed by atoms with van der Waals surface area (Å²) in [7, 11) is 0. The average molecular weight is 266 g/mol. The summed E-state index contributed by atoms with van der Waals surface area (Å²) in [5, 5.41) is 0. The number of amides is 1. The Morgan fingerprint density at radius 1 is 1.33 bits per heavy atom. The second-order valence-electron chi connectivity index (χ2n) is 4.87. The van der Waals surface area contributed by atoms with Gasteiger partial charge in [0.2, 0.25) is 5.91 Å². The van der Waals surface area contributed by atoms with Crippen molar-refractivity contribution >= 4 is 17.5 Å². The lowest BCUT2D eigenvalue weighted by Crippen LogP contribution is -2.40. The molecule has 1 aliphatic carbocycles. The third-order valence-corrected chi connectivity index (χ3v) is 4.39. The fraction of sp³-hybridized carbons (Fsp3) is 0.533. The predicted molar refractivity (Wildman–Crippen MR) is 74.9 cm³/mol. The van der Waals surface area contributed by atoms with Crippen LogP contribution >= 0.6 is 11.6 Å². The van der Waals surface area contributed by atoms with Crippen LogP contribution in [-0.2, 0) is 10.2 Å². The molecule has 1 fully saturated rings. The standard InChI is InChI=1S/C15H20ClNO/c1-3-17(4-2)14(18)15(10-13(15)11-16)12-8-6-5-7-9-12/h5-9,13H,3-4,10-11H2,1-2H3/t13-,15+/m1/s1. The van der Waals surface area contributed by atoms with E-state index in [0.29, 0.717) is 5.88 Å². The minimum Gasteiger partial charge on any atom is -0.342 e. The largest absolute Gasteiger partial charge is 0.342 e. The fourth-order valence-corrected chi connectivity index (χ4v) is 3.16. The van der Waals surface area contributed by atoms with Crippen molar-refractivity contribution in [3.63, 3.8) is 0 Å². The summed E-state index contributed by atoms with van der Waals surface area (Å²) in [5.41, 5.74) is 0.766. The molecule has 18 heavy (non-hydrogen) atoms. The van der Waals surface area contributed by atoms with Crippen molar-refractivity contribution < 1.29 is 4.79 Å². The highest BCUT2D eigenvalue weighted by molar-refractivity contribution is 6.18. The molecule has 0 aromatic heterocycles. The summed E-state index contributed by atoms with van der Waals surface area (Å²) in [5.74, 6) is 1.08. The van der Waals surface area contributed by atoms with Crippen molar-refractivity contribution in [1.29, 1.82) is 0 Å². The zero-order valence-corrected chi connectivity index (χ0v) is 11.8. The zero-order chi connectivity index (χ0) is 13.2. The molecule has 0 N–H and O–H groups in total. The van der Waals surface area contributed by atoms with E-state index in [2.05, 4.69) is 0 Å². The van der Waals surface area contributed by atoms with Crippen LogP contribution in [0, 0.1) is 5.92 Å². The maximum atomic E-state index is 12.7. The lowest BCUT2D eigenvalue weighted by atomic mass is 9.92. The van der Waals surface area contributed by atoms with Gasteiger partial charge in [-0.25, -0.2) is 0 Å². The first kappa shape index (κ1) is 13.4. The Bertz CT molecular complexity index is 416. The Labute approximate surface area is 114 Å². The summed E-state index contributed by atoms with van der Waals surface area (Å²) in [4.78, 5) is 14.6. The molecule has 2 nitrogen and oxygen atoms in total. The lowest BCUT2D eigenvalue weighted by Gasteiger charge is -2.26. The molecule has 0 heterocycles. The Morgan fingerprint density at radius 2 is 1.94 bits per heavy atom. The van der Waals surface area contributed by atoms with Crippen LogP contribution in [0.1, 0.15) is 25.8 Å². The lowest BCUT2D eigenvalue weighted by molar-refractivity contribution is -0.133. The molecule has 2 atom stereocenters. The maximum Gasteiger partial charge on any atom is 0.233 e. The van der Waals surface area contributed by atoms with Gasteiger partial charge < -0.3 is 4.90 Å². The van der Waals surface area contributed by atoms with Crippen molar-refractivity contribution in [3.8, 4) is 0 Å². The van der Waals surface area contributed by atoms with Crippen LogP contribution < -0.4 is 0 Å². The number of rotatable bonds is 5. The minimum atomic E-state index is -0.352. The summed E-state index contributed by atoms with van der Waals surface area (Å²) in [6.45, 7) is 5.58. The second-order valence-corrected chi connectivity index (χ2v) is 5.18. The molecular formula is C15H20ClNO. The van der Waals surface area contributed by atoms with E-state index >= 15 is 0 Å².